The minimum absolute atomic E-state index is 0.0509. The number of anilines is 2. The molecule has 0 radical (unpaired) electrons. The molecule has 7 heteroatoms. The van der Waals surface area contributed by atoms with Crippen LogP contribution in [0, 0.1) is 10.1 Å². The molecule has 0 bridgehead atoms. The summed E-state index contributed by atoms with van der Waals surface area (Å²) in [4.78, 5) is 10.4. The van der Waals surface area contributed by atoms with E-state index in [0.29, 0.717) is 15.8 Å². The zero-order valence-corrected chi connectivity index (χ0v) is 14.8. The van der Waals surface area contributed by atoms with Gasteiger partial charge in [0.05, 0.1) is 15.6 Å². The van der Waals surface area contributed by atoms with Gasteiger partial charge in [-0.05, 0) is 48.8 Å². The highest BCUT2D eigenvalue weighted by molar-refractivity contribution is 7.80. The molecule has 2 aromatic rings. The van der Waals surface area contributed by atoms with Gasteiger partial charge in [0, 0.05) is 17.8 Å². The molecule has 0 spiro atoms. The molecule has 0 amide bonds. The van der Waals surface area contributed by atoms with Gasteiger partial charge in [-0.3, -0.25) is 10.1 Å². The van der Waals surface area contributed by atoms with Crippen molar-refractivity contribution in [2.24, 2.45) is 0 Å². The van der Waals surface area contributed by atoms with E-state index in [9.17, 15) is 10.1 Å². The summed E-state index contributed by atoms with van der Waals surface area (Å²) < 4.78 is 0. The molecule has 0 unspecified atom stereocenters. The van der Waals surface area contributed by atoms with Gasteiger partial charge in [0.2, 0.25) is 0 Å². The second-order valence-electron chi connectivity index (χ2n) is 5.30. The monoisotopic (exact) mass is 363 g/mol. The number of hydrogen-bond acceptors (Lipinski definition) is 3. The number of benzene rings is 2. The lowest BCUT2D eigenvalue weighted by atomic mass is 10.1. The summed E-state index contributed by atoms with van der Waals surface area (Å²) in [6.45, 7) is 2.17. The highest BCUT2D eigenvalue weighted by atomic mass is 35.5. The molecule has 0 atom stereocenters. The maximum absolute atomic E-state index is 10.8. The number of halogens is 1. The Morgan fingerprint density at radius 1 is 1.21 bits per heavy atom. The summed E-state index contributed by atoms with van der Waals surface area (Å²) in [5.41, 5.74) is 2.46. The molecule has 0 aromatic heterocycles. The highest BCUT2D eigenvalue weighted by Crippen LogP contribution is 2.26. The van der Waals surface area contributed by atoms with Gasteiger partial charge in [-0.1, -0.05) is 37.1 Å². The van der Waals surface area contributed by atoms with Gasteiger partial charge in [-0.2, -0.15) is 0 Å². The van der Waals surface area contributed by atoms with Crippen LogP contribution in [0.3, 0.4) is 0 Å². The summed E-state index contributed by atoms with van der Waals surface area (Å²) in [6.07, 6.45) is 3.39. The number of nitro benzene ring substituents is 1. The average molecular weight is 364 g/mol. The molecule has 0 saturated heterocycles. The van der Waals surface area contributed by atoms with Crippen LogP contribution in [-0.4, -0.2) is 10.0 Å². The van der Waals surface area contributed by atoms with Crippen LogP contribution < -0.4 is 10.6 Å². The Labute approximate surface area is 151 Å². The Bertz CT molecular complexity index is 735. The molecule has 24 heavy (non-hydrogen) atoms. The van der Waals surface area contributed by atoms with Crippen molar-refractivity contribution in [1.82, 2.24) is 0 Å². The third-order valence-electron chi connectivity index (χ3n) is 3.44. The van der Waals surface area contributed by atoms with Crippen LogP contribution in [0.5, 0.6) is 0 Å². The average Bonchev–Trinajstić information content (AvgIpc) is 2.56. The number of non-ortho nitro benzene ring substituents is 1. The molecule has 0 aliphatic heterocycles. The van der Waals surface area contributed by atoms with Gasteiger partial charge >= 0.3 is 0 Å². The highest BCUT2D eigenvalue weighted by Gasteiger charge is 2.10. The quantitative estimate of drug-likeness (QED) is 0.408. The van der Waals surface area contributed by atoms with Crippen molar-refractivity contribution < 1.29 is 4.92 Å². The van der Waals surface area contributed by atoms with Gasteiger partial charge in [0.15, 0.2) is 5.11 Å². The van der Waals surface area contributed by atoms with E-state index >= 15 is 0 Å². The lowest BCUT2D eigenvalue weighted by Gasteiger charge is -2.12. The van der Waals surface area contributed by atoms with Crippen LogP contribution >= 0.6 is 23.8 Å². The van der Waals surface area contributed by atoms with E-state index in [4.69, 9.17) is 23.8 Å². The third-order valence-corrected chi connectivity index (χ3v) is 3.97. The number of hydrogen-bond donors (Lipinski definition) is 2. The van der Waals surface area contributed by atoms with Crippen molar-refractivity contribution in [3.05, 3.63) is 63.2 Å². The second-order valence-corrected chi connectivity index (χ2v) is 6.12. The first-order chi connectivity index (χ1) is 11.5. The normalized spacial score (nSPS) is 10.2. The Balaban J connectivity index is 2.00. The standard InChI is InChI=1S/C17H18ClN3O2S/c1-2-3-4-12-5-7-13(8-6-12)19-17(24)20-16-11-14(21(22)23)9-10-15(16)18/h5-11H,2-4H2,1H3,(H2,19,20,24). The largest absolute Gasteiger partial charge is 0.332 e. The zero-order valence-electron chi connectivity index (χ0n) is 13.2. The minimum atomic E-state index is -0.479. The molecule has 5 nitrogen and oxygen atoms in total. The summed E-state index contributed by atoms with van der Waals surface area (Å²) in [6, 6.07) is 12.2. The first-order valence-electron chi connectivity index (χ1n) is 7.60. The predicted octanol–water partition coefficient (Wildman–Crippen LogP) is 5.40. The van der Waals surface area contributed by atoms with E-state index in [1.807, 2.05) is 12.1 Å². The molecule has 0 aliphatic rings. The van der Waals surface area contributed by atoms with E-state index in [0.717, 1.165) is 24.9 Å². The van der Waals surface area contributed by atoms with E-state index in [1.54, 1.807) is 0 Å². The van der Waals surface area contributed by atoms with Crippen LogP contribution in [0.4, 0.5) is 17.1 Å². The Morgan fingerprint density at radius 2 is 1.92 bits per heavy atom. The Kier molecular flexibility index (Phi) is 6.52. The number of rotatable bonds is 6. The van der Waals surface area contributed by atoms with Gasteiger partial charge in [-0.15, -0.1) is 0 Å². The topological polar surface area (TPSA) is 67.2 Å². The molecule has 2 N–H and O–H groups in total. The van der Waals surface area contributed by atoms with Crippen molar-refractivity contribution in [3.63, 3.8) is 0 Å². The number of aryl methyl sites for hydroxylation is 1. The molecule has 2 aromatic carbocycles. The second kappa shape index (κ2) is 8.61. The summed E-state index contributed by atoms with van der Waals surface area (Å²) in [5, 5.41) is 17.4. The van der Waals surface area contributed by atoms with E-state index in [1.165, 1.54) is 23.8 Å². The molecule has 2 rings (SSSR count). The maximum atomic E-state index is 10.8. The number of unbranched alkanes of at least 4 members (excludes halogenated alkanes) is 1. The Morgan fingerprint density at radius 3 is 2.54 bits per heavy atom. The van der Waals surface area contributed by atoms with Crippen molar-refractivity contribution in [3.8, 4) is 0 Å². The van der Waals surface area contributed by atoms with E-state index < -0.39 is 4.92 Å². The van der Waals surface area contributed by atoms with Crippen LogP contribution in [-0.2, 0) is 6.42 Å². The van der Waals surface area contributed by atoms with Gasteiger partial charge < -0.3 is 10.6 Å². The fraction of sp³-hybridized carbons (Fsp3) is 0.235. The van der Waals surface area contributed by atoms with Crippen LogP contribution in [0.15, 0.2) is 42.5 Å². The van der Waals surface area contributed by atoms with Crippen LogP contribution in [0.2, 0.25) is 5.02 Å². The Hall–Kier alpha value is -2.18. The smallest absolute Gasteiger partial charge is 0.271 e. The van der Waals surface area contributed by atoms with Crippen LogP contribution in [0.25, 0.3) is 0 Å². The maximum Gasteiger partial charge on any atom is 0.271 e. The number of nitrogens with zero attached hydrogens (tertiary/aromatic N) is 1. The molecule has 0 aliphatic carbocycles. The van der Waals surface area contributed by atoms with Crippen LogP contribution in [0.1, 0.15) is 25.3 Å². The first-order valence-corrected chi connectivity index (χ1v) is 8.39. The minimum Gasteiger partial charge on any atom is -0.332 e. The summed E-state index contributed by atoms with van der Waals surface area (Å²) in [5.74, 6) is 0. The summed E-state index contributed by atoms with van der Waals surface area (Å²) >= 11 is 11.3. The fourth-order valence-electron chi connectivity index (χ4n) is 2.14. The van der Waals surface area contributed by atoms with E-state index in [-0.39, 0.29) is 5.69 Å². The SMILES string of the molecule is CCCCc1ccc(NC(=S)Nc2cc([N+](=O)[O-])ccc2Cl)cc1. The molecule has 126 valence electrons. The van der Waals surface area contributed by atoms with Crippen molar-refractivity contribution in [2.75, 3.05) is 10.6 Å². The fourth-order valence-corrected chi connectivity index (χ4v) is 2.54. The lowest BCUT2D eigenvalue weighted by molar-refractivity contribution is -0.384. The molecule has 0 saturated carbocycles. The number of nitro groups is 1. The van der Waals surface area contributed by atoms with Crippen molar-refractivity contribution in [2.45, 2.75) is 26.2 Å². The third kappa shape index (κ3) is 5.18. The lowest BCUT2D eigenvalue weighted by Crippen LogP contribution is -2.19. The molecular formula is C17H18ClN3O2S. The first kappa shape index (κ1) is 18.2. The molecule has 0 fully saturated rings. The van der Waals surface area contributed by atoms with Gasteiger partial charge in [0.1, 0.15) is 0 Å². The van der Waals surface area contributed by atoms with Gasteiger partial charge in [0.25, 0.3) is 5.69 Å². The van der Waals surface area contributed by atoms with Crippen molar-refractivity contribution >= 4 is 46.0 Å². The number of nitrogens with one attached hydrogen (secondary N) is 2. The molecule has 0 heterocycles. The predicted molar refractivity (Wildman–Crippen MR) is 103 cm³/mol. The summed E-state index contributed by atoms with van der Waals surface area (Å²) in [7, 11) is 0. The molecular weight excluding hydrogens is 346 g/mol. The zero-order chi connectivity index (χ0) is 17.5. The number of thiocarbonyl (C=S) groups is 1. The van der Waals surface area contributed by atoms with Crippen molar-refractivity contribution in [1.29, 1.82) is 0 Å². The van der Waals surface area contributed by atoms with Gasteiger partial charge in [-0.25, -0.2) is 0 Å². The van der Waals surface area contributed by atoms with E-state index in [2.05, 4.69) is 29.7 Å².